The van der Waals surface area contributed by atoms with E-state index >= 15 is 0 Å². The van der Waals surface area contributed by atoms with Gasteiger partial charge in [0.1, 0.15) is 0 Å². The molecule has 0 aromatic heterocycles. The Hall–Kier alpha value is -1.27. The maximum atomic E-state index is 11.6. The molecule has 5 nitrogen and oxygen atoms in total. The lowest BCUT2D eigenvalue weighted by atomic mass is 10.2. The third-order valence-corrected chi connectivity index (χ3v) is 3.55. The number of hydrogen-bond donors (Lipinski definition) is 3. The monoisotopic (exact) mass is 348 g/mol. The van der Waals surface area contributed by atoms with E-state index in [2.05, 4.69) is 26.6 Å². The molecule has 1 unspecified atom stereocenters. The molecule has 7 heteroatoms. The maximum absolute atomic E-state index is 11.6. The molecule has 0 radical (unpaired) electrons. The van der Waals surface area contributed by atoms with E-state index in [9.17, 15) is 9.59 Å². The SMILES string of the molecule is Cc1cc(Br)c(NC(=O)NCC(C)C(=O)O)cc1Cl. The zero-order valence-electron chi connectivity index (χ0n) is 10.5. The second-order valence-electron chi connectivity index (χ2n) is 4.16. The number of carboxylic acids is 1. The molecular weight excluding hydrogens is 336 g/mol. The minimum atomic E-state index is -0.958. The number of benzene rings is 1. The van der Waals surface area contributed by atoms with Crippen molar-refractivity contribution < 1.29 is 14.7 Å². The number of hydrogen-bond acceptors (Lipinski definition) is 2. The standard InChI is InChI=1S/C12H14BrClN2O3/c1-6-3-8(13)10(4-9(6)14)16-12(19)15-5-7(2)11(17)18/h3-4,7H,5H2,1-2H3,(H,17,18)(H2,15,16,19). The Balaban J connectivity index is 2.62. The minimum absolute atomic E-state index is 0.0539. The fourth-order valence-electron chi connectivity index (χ4n) is 1.24. The van der Waals surface area contributed by atoms with Crippen LogP contribution in [0.1, 0.15) is 12.5 Å². The molecule has 0 spiro atoms. The van der Waals surface area contributed by atoms with Gasteiger partial charge in [-0.15, -0.1) is 0 Å². The van der Waals surface area contributed by atoms with Gasteiger partial charge in [-0.3, -0.25) is 4.79 Å². The lowest BCUT2D eigenvalue weighted by Gasteiger charge is -2.12. The summed E-state index contributed by atoms with van der Waals surface area (Å²) in [7, 11) is 0. The molecule has 1 rings (SSSR count). The van der Waals surface area contributed by atoms with Crippen LogP contribution in [0, 0.1) is 12.8 Å². The summed E-state index contributed by atoms with van der Waals surface area (Å²) in [6.45, 7) is 3.42. The first-order valence-corrected chi connectivity index (χ1v) is 6.71. The Labute approximate surface area is 124 Å². The Kier molecular flexibility index (Phi) is 5.62. The van der Waals surface area contributed by atoms with E-state index in [0.29, 0.717) is 15.2 Å². The van der Waals surface area contributed by atoms with Gasteiger partial charge >= 0.3 is 12.0 Å². The van der Waals surface area contributed by atoms with Gasteiger partial charge in [-0.25, -0.2) is 4.79 Å². The molecule has 0 aliphatic carbocycles. The molecule has 0 saturated carbocycles. The van der Waals surface area contributed by atoms with Crippen LogP contribution < -0.4 is 10.6 Å². The Morgan fingerprint density at radius 1 is 1.47 bits per heavy atom. The van der Waals surface area contributed by atoms with Gasteiger partial charge in [-0.1, -0.05) is 18.5 Å². The van der Waals surface area contributed by atoms with Crippen LogP contribution >= 0.6 is 27.5 Å². The summed E-state index contributed by atoms with van der Waals surface area (Å²) in [5.74, 6) is -1.60. The maximum Gasteiger partial charge on any atom is 0.319 e. The molecule has 0 saturated heterocycles. The van der Waals surface area contributed by atoms with E-state index in [1.807, 2.05) is 6.92 Å². The molecule has 0 aliphatic heterocycles. The summed E-state index contributed by atoms with van der Waals surface area (Å²) in [5, 5.41) is 14.3. The van der Waals surface area contributed by atoms with Crippen LogP contribution in [0.4, 0.5) is 10.5 Å². The molecule has 0 heterocycles. The summed E-state index contributed by atoms with van der Waals surface area (Å²) in [6, 6.07) is 2.94. The molecule has 104 valence electrons. The Morgan fingerprint density at radius 3 is 2.68 bits per heavy atom. The van der Waals surface area contributed by atoms with Gasteiger partial charge < -0.3 is 15.7 Å². The zero-order chi connectivity index (χ0) is 14.6. The van der Waals surface area contributed by atoms with Crippen molar-refractivity contribution in [2.45, 2.75) is 13.8 Å². The van der Waals surface area contributed by atoms with E-state index < -0.39 is 17.9 Å². The number of urea groups is 1. The smallest absolute Gasteiger partial charge is 0.319 e. The van der Waals surface area contributed by atoms with Crippen molar-refractivity contribution in [1.82, 2.24) is 5.32 Å². The number of carbonyl (C=O) groups is 2. The molecule has 0 bridgehead atoms. The van der Waals surface area contributed by atoms with Crippen LogP contribution in [-0.2, 0) is 4.79 Å². The van der Waals surface area contributed by atoms with Gasteiger partial charge in [-0.05, 0) is 40.5 Å². The number of aliphatic carboxylic acids is 1. The number of nitrogens with one attached hydrogen (secondary N) is 2. The van der Waals surface area contributed by atoms with E-state index in [1.165, 1.54) is 6.92 Å². The molecule has 1 aromatic rings. The Bertz CT molecular complexity index is 508. The first-order chi connectivity index (χ1) is 8.81. The predicted octanol–water partition coefficient (Wildman–Crippen LogP) is 3.25. The summed E-state index contributed by atoms with van der Waals surface area (Å²) in [6.07, 6.45) is 0. The van der Waals surface area contributed by atoms with Crippen LogP contribution in [0.2, 0.25) is 5.02 Å². The fraction of sp³-hybridized carbons (Fsp3) is 0.333. The highest BCUT2D eigenvalue weighted by atomic mass is 79.9. The number of amides is 2. The van der Waals surface area contributed by atoms with Crippen LogP contribution in [0.25, 0.3) is 0 Å². The summed E-state index contributed by atoms with van der Waals surface area (Å²) >= 11 is 9.29. The van der Waals surface area contributed by atoms with Crippen LogP contribution in [-0.4, -0.2) is 23.7 Å². The predicted molar refractivity (Wildman–Crippen MR) is 77.7 cm³/mol. The van der Waals surface area contributed by atoms with Gasteiger partial charge in [0.25, 0.3) is 0 Å². The quantitative estimate of drug-likeness (QED) is 0.780. The third-order valence-electron chi connectivity index (χ3n) is 2.49. The number of rotatable bonds is 4. The first kappa shape index (κ1) is 15.8. The third kappa shape index (κ3) is 4.72. The number of aryl methyl sites for hydroxylation is 1. The molecule has 1 atom stereocenters. The fourth-order valence-corrected chi connectivity index (χ4v) is 1.96. The average Bonchev–Trinajstić information content (AvgIpc) is 2.32. The zero-order valence-corrected chi connectivity index (χ0v) is 12.8. The normalized spacial score (nSPS) is 11.8. The Morgan fingerprint density at radius 2 is 2.11 bits per heavy atom. The number of carbonyl (C=O) groups excluding carboxylic acids is 1. The highest BCUT2D eigenvalue weighted by Crippen LogP contribution is 2.28. The van der Waals surface area contributed by atoms with Crippen molar-refractivity contribution in [1.29, 1.82) is 0 Å². The minimum Gasteiger partial charge on any atom is -0.481 e. The molecule has 3 N–H and O–H groups in total. The summed E-state index contributed by atoms with van der Waals surface area (Å²) in [5.41, 5.74) is 1.41. The van der Waals surface area contributed by atoms with Crippen molar-refractivity contribution in [3.05, 3.63) is 27.2 Å². The van der Waals surface area contributed by atoms with Crippen LogP contribution in [0.5, 0.6) is 0 Å². The molecule has 2 amide bonds. The van der Waals surface area contributed by atoms with Crippen molar-refractivity contribution >= 4 is 45.2 Å². The first-order valence-electron chi connectivity index (χ1n) is 5.54. The molecule has 1 aromatic carbocycles. The lowest BCUT2D eigenvalue weighted by molar-refractivity contribution is -0.140. The van der Waals surface area contributed by atoms with Crippen molar-refractivity contribution in [2.24, 2.45) is 5.92 Å². The summed E-state index contributed by atoms with van der Waals surface area (Å²) in [4.78, 5) is 22.2. The topological polar surface area (TPSA) is 78.4 Å². The van der Waals surface area contributed by atoms with Crippen LogP contribution in [0.3, 0.4) is 0 Å². The van der Waals surface area contributed by atoms with Crippen molar-refractivity contribution in [2.75, 3.05) is 11.9 Å². The second kappa shape index (κ2) is 6.77. The van der Waals surface area contributed by atoms with Gasteiger partial charge in [0.05, 0.1) is 11.6 Å². The summed E-state index contributed by atoms with van der Waals surface area (Å²) < 4.78 is 0.704. The van der Waals surface area contributed by atoms with Gasteiger partial charge in [0, 0.05) is 16.0 Å². The number of anilines is 1. The van der Waals surface area contributed by atoms with Gasteiger partial charge in [0.2, 0.25) is 0 Å². The molecule has 0 fully saturated rings. The number of carboxylic acid groups (broad SMARTS) is 1. The van der Waals surface area contributed by atoms with E-state index in [4.69, 9.17) is 16.7 Å². The van der Waals surface area contributed by atoms with Crippen molar-refractivity contribution in [3.63, 3.8) is 0 Å². The molecule has 0 aliphatic rings. The highest BCUT2D eigenvalue weighted by Gasteiger charge is 2.13. The van der Waals surface area contributed by atoms with E-state index in [1.54, 1.807) is 12.1 Å². The van der Waals surface area contributed by atoms with Gasteiger partial charge in [0.15, 0.2) is 0 Å². The number of halogens is 2. The largest absolute Gasteiger partial charge is 0.481 e. The van der Waals surface area contributed by atoms with E-state index in [-0.39, 0.29) is 6.54 Å². The van der Waals surface area contributed by atoms with Gasteiger partial charge in [-0.2, -0.15) is 0 Å². The molecule has 19 heavy (non-hydrogen) atoms. The average molecular weight is 350 g/mol. The van der Waals surface area contributed by atoms with E-state index in [0.717, 1.165) is 5.56 Å². The second-order valence-corrected chi connectivity index (χ2v) is 5.42. The highest BCUT2D eigenvalue weighted by molar-refractivity contribution is 9.10. The molecular formula is C12H14BrClN2O3. The van der Waals surface area contributed by atoms with Crippen LogP contribution in [0.15, 0.2) is 16.6 Å². The lowest BCUT2D eigenvalue weighted by Crippen LogP contribution is -2.34. The van der Waals surface area contributed by atoms with Crippen molar-refractivity contribution in [3.8, 4) is 0 Å².